The van der Waals surface area contributed by atoms with E-state index in [1.165, 1.54) is 57.8 Å². The molecule has 0 aromatic heterocycles. The average molecular weight is 211 g/mol. The van der Waals surface area contributed by atoms with Crippen molar-refractivity contribution in [1.29, 1.82) is 0 Å². The number of nitrogens with two attached hydrogens (primary N) is 1. The minimum atomic E-state index is 0.470. The van der Waals surface area contributed by atoms with E-state index in [4.69, 9.17) is 5.73 Å². The topological polar surface area (TPSA) is 26.0 Å². The van der Waals surface area contributed by atoms with Gasteiger partial charge in [0.15, 0.2) is 0 Å². The molecule has 1 aliphatic carbocycles. The van der Waals surface area contributed by atoms with Crippen LogP contribution >= 0.6 is 0 Å². The lowest BCUT2D eigenvalue weighted by Gasteiger charge is -2.27. The zero-order chi connectivity index (χ0) is 11.1. The molecule has 0 amide bonds. The van der Waals surface area contributed by atoms with Crippen molar-refractivity contribution in [1.82, 2.24) is 0 Å². The first-order valence-corrected chi connectivity index (χ1v) is 6.99. The summed E-state index contributed by atoms with van der Waals surface area (Å²) in [5.74, 6) is 1.63. The lowest BCUT2D eigenvalue weighted by atomic mass is 9.82. The molecule has 1 aliphatic rings. The van der Waals surface area contributed by atoms with Crippen molar-refractivity contribution in [3.05, 3.63) is 0 Å². The summed E-state index contributed by atoms with van der Waals surface area (Å²) in [6, 6.07) is 0.470. The maximum absolute atomic E-state index is 6.35. The first-order valence-electron chi connectivity index (χ1n) is 6.99. The molecule has 2 N–H and O–H groups in total. The van der Waals surface area contributed by atoms with Crippen LogP contribution in [0.1, 0.15) is 71.6 Å². The summed E-state index contributed by atoms with van der Waals surface area (Å²) in [7, 11) is 0. The second-order valence-electron chi connectivity index (χ2n) is 5.52. The van der Waals surface area contributed by atoms with Gasteiger partial charge in [0.1, 0.15) is 0 Å². The minimum Gasteiger partial charge on any atom is -0.327 e. The van der Waals surface area contributed by atoms with Crippen LogP contribution in [0.2, 0.25) is 0 Å². The molecule has 0 aromatic rings. The summed E-state index contributed by atoms with van der Waals surface area (Å²) >= 11 is 0. The highest BCUT2D eigenvalue weighted by Crippen LogP contribution is 2.27. The Labute approximate surface area is 95.8 Å². The van der Waals surface area contributed by atoms with Crippen molar-refractivity contribution in [2.24, 2.45) is 17.6 Å². The van der Waals surface area contributed by atoms with Crippen LogP contribution < -0.4 is 5.73 Å². The fourth-order valence-electron chi connectivity index (χ4n) is 2.74. The van der Waals surface area contributed by atoms with Crippen LogP contribution in [0.5, 0.6) is 0 Å². The van der Waals surface area contributed by atoms with Gasteiger partial charge in [-0.15, -0.1) is 0 Å². The summed E-state index contributed by atoms with van der Waals surface area (Å²) in [5, 5.41) is 0. The number of hydrogen-bond donors (Lipinski definition) is 1. The normalized spacial score (nSPS) is 24.2. The number of rotatable bonds is 4. The van der Waals surface area contributed by atoms with Crippen LogP contribution in [0.15, 0.2) is 0 Å². The summed E-state index contributed by atoms with van der Waals surface area (Å²) in [4.78, 5) is 0. The zero-order valence-corrected chi connectivity index (χ0v) is 10.7. The Bertz CT molecular complexity index is 147. The first kappa shape index (κ1) is 13.0. The van der Waals surface area contributed by atoms with Crippen molar-refractivity contribution in [3.8, 4) is 0 Å². The van der Waals surface area contributed by atoms with Crippen LogP contribution in [0.25, 0.3) is 0 Å². The van der Waals surface area contributed by atoms with E-state index in [0.29, 0.717) is 6.04 Å². The second-order valence-corrected chi connectivity index (χ2v) is 5.52. The van der Waals surface area contributed by atoms with Crippen LogP contribution in [-0.4, -0.2) is 6.04 Å². The summed E-state index contributed by atoms with van der Waals surface area (Å²) in [6.45, 7) is 4.61. The Morgan fingerprint density at radius 1 is 1.07 bits per heavy atom. The van der Waals surface area contributed by atoms with Gasteiger partial charge in [-0.05, 0) is 31.1 Å². The van der Waals surface area contributed by atoms with Crippen LogP contribution in [0.3, 0.4) is 0 Å². The molecule has 0 radical (unpaired) electrons. The molecule has 0 aromatic carbocycles. The third-order valence-electron chi connectivity index (χ3n) is 4.13. The Morgan fingerprint density at radius 3 is 2.13 bits per heavy atom. The van der Waals surface area contributed by atoms with Crippen molar-refractivity contribution < 1.29 is 0 Å². The van der Waals surface area contributed by atoms with Gasteiger partial charge in [0, 0.05) is 6.04 Å². The highest BCUT2D eigenvalue weighted by molar-refractivity contribution is 4.76. The van der Waals surface area contributed by atoms with Crippen LogP contribution in [-0.2, 0) is 0 Å². The maximum atomic E-state index is 6.35. The zero-order valence-electron chi connectivity index (χ0n) is 10.7. The second kappa shape index (κ2) is 7.27. The lowest BCUT2D eigenvalue weighted by Crippen LogP contribution is -2.32. The molecule has 1 fully saturated rings. The molecule has 0 aliphatic heterocycles. The van der Waals surface area contributed by atoms with Crippen LogP contribution in [0, 0.1) is 11.8 Å². The molecular formula is C14H29N. The Kier molecular flexibility index (Phi) is 6.31. The summed E-state index contributed by atoms with van der Waals surface area (Å²) in [5.41, 5.74) is 6.35. The molecule has 2 atom stereocenters. The highest BCUT2D eigenvalue weighted by Gasteiger charge is 2.19. The molecule has 90 valence electrons. The van der Waals surface area contributed by atoms with Gasteiger partial charge in [-0.3, -0.25) is 0 Å². The Hall–Kier alpha value is -0.0400. The lowest BCUT2D eigenvalue weighted by molar-refractivity contribution is 0.287. The van der Waals surface area contributed by atoms with Gasteiger partial charge >= 0.3 is 0 Å². The minimum absolute atomic E-state index is 0.470. The molecule has 15 heavy (non-hydrogen) atoms. The molecular weight excluding hydrogens is 182 g/mol. The third-order valence-corrected chi connectivity index (χ3v) is 4.13. The molecule has 1 rings (SSSR count). The summed E-state index contributed by atoms with van der Waals surface area (Å²) < 4.78 is 0. The van der Waals surface area contributed by atoms with E-state index in [9.17, 15) is 0 Å². The smallest absolute Gasteiger partial charge is 0.00696 e. The highest BCUT2D eigenvalue weighted by atomic mass is 14.6. The fraction of sp³-hybridized carbons (Fsp3) is 1.00. The van der Waals surface area contributed by atoms with E-state index >= 15 is 0 Å². The molecule has 1 saturated carbocycles. The van der Waals surface area contributed by atoms with Gasteiger partial charge in [0.05, 0.1) is 0 Å². The van der Waals surface area contributed by atoms with Gasteiger partial charge in [0.25, 0.3) is 0 Å². The molecule has 2 unspecified atom stereocenters. The van der Waals surface area contributed by atoms with Crippen LogP contribution in [0.4, 0.5) is 0 Å². The van der Waals surface area contributed by atoms with Crippen molar-refractivity contribution in [3.63, 3.8) is 0 Å². The molecule has 1 nitrogen and oxygen atoms in total. The predicted molar refractivity (Wildman–Crippen MR) is 67.9 cm³/mol. The van der Waals surface area contributed by atoms with Gasteiger partial charge in [-0.25, -0.2) is 0 Å². The quantitative estimate of drug-likeness (QED) is 0.744. The van der Waals surface area contributed by atoms with E-state index in [2.05, 4.69) is 13.8 Å². The van der Waals surface area contributed by atoms with E-state index in [-0.39, 0.29) is 0 Å². The van der Waals surface area contributed by atoms with Crippen molar-refractivity contribution in [2.75, 3.05) is 0 Å². The molecule has 0 spiro atoms. The predicted octanol–water partition coefficient (Wildman–Crippen LogP) is 4.11. The van der Waals surface area contributed by atoms with Gasteiger partial charge < -0.3 is 5.73 Å². The SMILES string of the molecule is CCC(C)CC(N)C1CCCCCCC1. The van der Waals surface area contributed by atoms with E-state index in [1.807, 2.05) is 0 Å². The molecule has 0 bridgehead atoms. The van der Waals surface area contributed by atoms with E-state index in [1.54, 1.807) is 0 Å². The van der Waals surface area contributed by atoms with E-state index < -0.39 is 0 Å². The monoisotopic (exact) mass is 211 g/mol. The summed E-state index contributed by atoms with van der Waals surface area (Å²) in [6.07, 6.45) is 12.4. The third kappa shape index (κ3) is 5.01. The fourth-order valence-corrected chi connectivity index (χ4v) is 2.74. The maximum Gasteiger partial charge on any atom is 0.00696 e. The van der Waals surface area contributed by atoms with Gasteiger partial charge in [-0.1, -0.05) is 52.4 Å². The first-order chi connectivity index (χ1) is 7.24. The Morgan fingerprint density at radius 2 is 1.60 bits per heavy atom. The van der Waals surface area contributed by atoms with Crippen molar-refractivity contribution in [2.45, 2.75) is 77.7 Å². The van der Waals surface area contributed by atoms with E-state index in [0.717, 1.165) is 11.8 Å². The van der Waals surface area contributed by atoms with Crippen molar-refractivity contribution >= 4 is 0 Å². The number of hydrogen-bond acceptors (Lipinski definition) is 1. The van der Waals surface area contributed by atoms with Gasteiger partial charge in [0.2, 0.25) is 0 Å². The average Bonchev–Trinajstić information content (AvgIpc) is 2.16. The largest absolute Gasteiger partial charge is 0.327 e. The van der Waals surface area contributed by atoms with Gasteiger partial charge in [-0.2, -0.15) is 0 Å². The molecule has 1 heteroatoms. The molecule has 0 heterocycles. The Balaban J connectivity index is 2.31. The molecule has 0 saturated heterocycles. The standard InChI is InChI=1S/C14H29N/c1-3-12(2)11-14(15)13-9-7-5-4-6-8-10-13/h12-14H,3-11,15H2,1-2H3.